The summed E-state index contributed by atoms with van der Waals surface area (Å²) in [5, 5.41) is 0. The lowest BCUT2D eigenvalue weighted by Crippen LogP contribution is -2.45. The Bertz CT molecular complexity index is 376. The summed E-state index contributed by atoms with van der Waals surface area (Å²) in [5.41, 5.74) is 6.83. The molecule has 0 radical (unpaired) electrons. The fourth-order valence-corrected chi connectivity index (χ4v) is 2.56. The number of nitrogens with two attached hydrogens (primary N) is 1. The third kappa shape index (κ3) is 1.55. The van der Waals surface area contributed by atoms with Gasteiger partial charge in [-0.05, 0) is 29.9 Å². The Hall–Kier alpha value is -0.960. The largest absolute Gasteiger partial charge is 0.321 e. The number of aromatic nitrogens is 1. The first kappa shape index (κ1) is 10.6. The van der Waals surface area contributed by atoms with E-state index in [9.17, 15) is 4.39 Å². The summed E-state index contributed by atoms with van der Waals surface area (Å²) >= 11 is 0. The highest BCUT2D eigenvalue weighted by molar-refractivity contribution is 5.26. The highest BCUT2D eigenvalue weighted by Gasteiger charge is 2.47. The van der Waals surface area contributed by atoms with Crippen LogP contribution in [0.3, 0.4) is 0 Å². The van der Waals surface area contributed by atoms with E-state index in [1.165, 1.54) is 12.3 Å². The summed E-state index contributed by atoms with van der Waals surface area (Å²) in [5.74, 6) is -0.306. The minimum atomic E-state index is -0.428. The highest BCUT2D eigenvalue weighted by Crippen LogP contribution is 2.50. The lowest BCUT2D eigenvalue weighted by atomic mass is 9.72. The zero-order chi connectivity index (χ0) is 11.1. The molecule has 0 spiro atoms. The van der Waals surface area contributed by atoms with Crippen molar-refractivity contribution in [2.24, 2.45) is 11.1 Å². The third-order valence-electron chi connectivity index (χ3n) is 3.80. The molecular weight excluding hydrogens is 191 g/mol. The van der Waals surface area contributed by atoms with E-state index in [0.717, 1.165) is 24.8 Å². The maximum Gasteiger partial charge on any atom is 0.141 e. The molecule has 2 rings (SSSR count). The Labute approximate surface area is 89.7 Å². The summed E-state index contributed by atoms with van der Waals surface area (Å²) in [6.07, 6.45) is 6.00. The van der Waals surface area contributed by atoms with Crippen LogP contribution in [0.5, 0.6) is 0 Å². The lowest BCUT2D eigenvalue weighted by Gasteiger charge is -2.38. The number of nitrogens with zero attached hydrogens (tertiary/aromatic N) is 1. The molecule has 3 heteroatoms. The van der Waals surface area contributed by atoms with Crippen molar-refractivity contribution in [3.63, 3.8) is 0 Å². The predicted molar refractivity (Wildman–Crippen MR) is 57.7 cm³/mol. The topological polar surface area (TPSA) is 38.9 Å². The summed E-state index contributed by atoms with van der Waals surface area (Å²) in [7, 11) is 0. The van der Waals surface area contributed by atoms with Crippen LogP contribution in [0, 0.1) is 11.2 Å². The van der Waals surface area contributed by atoms with Crippen LogP contribution < -0.4 is 5.73 Å². The second-order valence-corrected chi connectivity index (χ2v) is 5.10. The predicted octanol–water partition coefficient (Wildman–Crippen LogP) is 2.58. The van der Waals surface area contributed by atoms with Crippen molar-refractivity contribution in [1.29, 1.82) is 0 Å². The van der Waals surface area contributed by atoms with Gasteiger partial charge in [0.25, 0.3) is 0 Å². The second-order valence-electron chi connectivity index (χ2n) is 5.10. The van der Waals surface area contributed by atoms with Crippen molar-refractivity contribution in [2.75, 3.05) is 0 Å². The van der Waals surface area contributed by atoms with Gasteiger partial charge in [-0.2, -0.15) is 0 Å². The van der Waals surface area contributed by atoms with E-state index in [0.29, 0.717) is 0 Å². The molecule has 0 saturated heterocycles. The Morgan fingerprint density at radius 3 is 2.60 bits per heavy atom. The van der Waals surface area contributed by atoms with Gasteiger partial charge in [-0.25, -0.2) is 4.39 Å². The molecule has 2 nitrogen and oxygen atoms in total. The summed E-state index contributed by atoms with van der Waals surface area (Å²) < 4.78 is 13.1. The molecular formula is C12H17FN2. The first-order valence-electron chi connectivity index (χ1n) is 5.36. The van der Waals surface area contributed by atoms with E-state index in [4.69, 9.17) is 5.73 Å². The van der Waals surface area contributed by atoms with Crippen molar-refractivity contribution < 1.29 is 4.39 Å². The van der Waals surface area contributed by atoms with Gasteiger partial charge in [0.15, 0.2) is 0 Å². The van der Waals surface area contributed by atoms with Gasteiger partial charge in [-0.1, -0.05) is 20.3 Å². The molecule has 15 heavy (non-hydrogen) atoms. The monoisotopic (exact) mass is 208 g/mol. The Kier molecular flexibility index (Phi) is 2.30. The molecule has 0 aliphatic heterocycles. The van der Waals surface area contributed by atoms with Gasteiger partial charge in [0.2, 0.25) is 0 Å². The van der Waals surface area contributed by atoms with Crippen LogP contribution in [0.25, 0.3) is 0 Å². The van der Waals surface area contributed by atoms with E-state index >= 15 is 0 Å². The molecule has 1 fully saturated rings. The van der Waals surface area contributed by atoms with Crippen LogP contribution in [0.4, 0.5) is 4.39 Å². The van der Waals surface area contributed by atoms with Gasteiger partial charge in [0.05, 0.1) is 6.20 Å². The molecule has 1 aromatic heterocycles. The van der Waals surface area contributed by atoms with Gasteiger partial charge in [0.1, 0.15) is 5.82 Å². The Balaban J connectivity index is 2.45. The molecule has 1 heterocycles. The van der Waals surface area contributed by atoms with E-state index in [2.05, 4.69) is 18.8 Å². The van der Waals surface area contributed by atoms with Crippen LogP contribution in [-0.2, 0) is 5.54 Å². The molecule has 0 amide bonds. The van der Waals surface area contributed by atoms with Crippen LogP contribution >= 0.6 is 0 Å². The highest BCUT2D eigenvalue weighted by atomic mass is 19.1. The summed E-state index contributed by atoms with van der Waals surface area (Å²) in [6, 6.07) is 1.51. The van der Waals surface area contributed by atoms with E-state index in [1.54, 1.807) is 6.20 Å². The third-order valence-corrected chi connectivity index (χ3v) is 3.80. The number of rotatable bonds is 1. The van der Waals surface area contributed by atoms with Gasteiger partial charge >= 0.3 is 0 Å². The Morgan fingerprint density at radius 1 is 1.33 bits per heavy atom. The maximum atomic E-state index is 13.1. The van der Waals surface area contributed by atoms with Gasteiger partial charge in [0, 0.05) is 11.7 Å². The van der Waals surface area contributed by atoms with Crippen LogP contribution in [0.1, 0.15) is 38.7 Å². The molecule has 1 unspecified atom stereocenters. The SMILES string of the molecule is CC1(C)CCCC1(N)c1cncc(F)c1. The molecule has 1 aliphatic rings. The second kappa shape index (κ2) is 3.27. The average molecular weight is 208 g/mol. The normalized spacial score (nSPS) is 29.3. The quantitative estimate of drug-likeness (QED) is 0.770. The van der Waals surface area contributed by atoms with Crippen molar-refractivity contribution in [3.05, 3.63) is 29.8 Å². The smallest absolute Gasteiger partial charge is 0.141 e. The van der Waals surface area contributed by atoms with Crippen LogP contribution in [-0.4, -0.2) is 4.98 Å². The number of pyridine rings is 1. The van der Waals surface area contributed by atoms with E-state index < -0.39 is 5.54 Å². The molecule has 82 valence electrons. The fraction of sp³-hybridized carbons (Fsp3) is 0.583. The molecule has 1 aliphatic carbocycles. The van der Waals surface area contributed by atoms with Crippen molar-refractivity contribution in [1.82, 2.24) is 4.98 Å². The molecule has 1 aromatic rings. The number of hydrogen-bond donors (Lipinski definition) is 1. The van der Waals surface area contributed by atoms with Crippen molar-refractivity contribution >= 4 is 0 Å². The molecule has 2 N–H and O–H groups in total. The molecule has 1 atom stereocenters. The van der Waals surface area contributed by atoms with Crippen LogP contribution in [0.15, 0.2) is 18.5 Å². The van der Waals surface area contributed by atoms with Crippen LogP contribution in [0.2, 0.25) is 0 Å². The van der Waals surface area contributed by atoms with E-state index in [1.807, 2.05) is 0 Å². The van der Waals surface area contributed by atoms with E-state index in [-0.39, 0.29) is 11.2 Å². The van der Waals surface area contributed by atoms with Crippen molar-refractivity contribution in [2.45, 2.75) is 38.6 Å². The standard InChI is InChI=1S/C12H17FN2/c1-11(2)4-3-5-12(11,14)9-6-10(13)8-15-7-9/h6-8H,3-5,14H2,1-2H3. The average Bonchev–Trinajstić information content (AvgIpc) is 2.43. The van der Waals surface area contributed by atoms with Crippen molar-refractivity contribution in [3.8, 4) is 0 Å². The number of hydrogen-bond acceptors (Lipinski definition) is 2. The first-order chi connectivity index (χ1) is 6.96. The van der Waals surface area contributed by atoms with Gasteiger partial charge in [-0.3, -0.25) is 4.98 Å². The molecule has 1 saturated carbocycles. The zero-order valence-corrected chi connectivity index (χ0v) is 9.26. The molecule has 0 aromatic carbocycles. The molecule has 0 bridgehead atoms. The van der Waals surface area contributed by atoms with Gasteiger partial charge < -0.3 is 5.73 Å². The van der Waals surface area contributed by atoms with Gasteiger partial charge in [-0.15, -0.1) is 0 Å². The lowest BCUT2D eigenvalue weighted by molar-refractivity contribution is 0.209. The minimum absolute atomic E-state index is 0.0163. The Morgan fingerprint density at radius 2 is 2.07 bits per heavy atom. The minimum Gasteiger partial charge on any atom is -0.321 e. The number of halogens is 1. The first-order valence-corrected chi connectivity index (χ1v) is 5.36. The maximum absolute atomic E-state index is 13.1. The summed E-state index contributed by atoms with van der Waals surface area (Å²) in [4.78, 5) is 3.88. The summed E-state index contributed by atoms with van der Waals surface area (Å²) in [6.45, 7) is 4.29. The fourth-order valence-electron chi connectivity index (χ4n) is 2.56. The zero-order valence-electron chi connectivity index (χ0n) is 9.26.